The second-order valence-corrected chi connectivity index (χ2v) is 4.27. The summed E-state index contributed by atoms with van der Waals surface area (Å²) >= 11 is 5.65. The molecule has 4 nitrogen and oxygen atoms in total. The SMILES string of the molecule is CN(CCCCCO)C(=O)c1ccc(Cl)nc1. The molecule has 1 N–H and O–H groups in total. The van der Waals surface area contributed by atoms with Crippen molar-refractivity contribution in [1.82, 2.24) is 9.88 Å². The standard InChI is InChI=1S/C12H17ClN2O2/c1-15(7-3-2-4-8-16)12(17)10-5-6-11(13)14-9-10/h5-6,9,16H,2-4,7-8H2,1H3. The molecular formula is C12H17ClN2O2. The average molecular weight is 257 g/mol. The number of aliphatic hydroxyl groups excluding tert-OH is 1. The molecule has 1 aromatic rings. The summed E-state index contributed by atoms with van der Waals surface area (Å²) in [6.07, 6.45) is 4.08. The van der Waals surface area contributed by atoms with E-state index in [9.17, 15) is 4.79 Å². The third-order valence-electron chi connectivity index (χ3n) is 2.47. The lowest BCUT2D eigenvalue weighted by atomic mass is 10.2. The Bertz CT molecular complexity index is 354. The summed E-state index contributed by atoms with van der Waals surface area (Å²) < 4.78 is 0. The van der Waals surface area contributed by atoms with Crippen LogP contribution in [0.4, 0.5) is 0 Å². The molecule has 0 aliphatic heterocycles. The van der Waals surface area contributed by atoms with Gasteiger partial charge in [-0.15, -0.1) is 0 Å². The second kappa shape index (κ2) is 7.25. The van der Waals surface area contributed by atoms with Gasteiger partial charge in [-0.25, -0.2) is 4.98 Å². The first kappa shape index (κ1) is 13.9. The van der Waals surface area contributed by atoms with Gasteiger partial charge in [-0.2, -0.15) is 0 Å². The molecule has 5 heteroatoms. The van der Waals surface area contributed by atoms with Crippen LogP contribution in [0.25, 0.3) is 0 Å². The largest absolute Gasteiger partial charge is 0.396 e. The Hall–Kier alpha value is -1.13. The zero-order chi connectivity index (χ0) is 12.7. The third-order valence-corrected chi connectivity index (χ3v) is 2.70. The Labute approximate surface area is 106 Å². The van der Waals surface area contributed by atoms with Gasteiger partial charge in [-0.3, -0.25) is 4.79 Å². The van der Waals surface area contributed by atoms with Gasteiger partial charge in [-0.05, 0) is 31.4 Å². The fourth-order valence-corrected chi connectivity index (χ4v) is 1.57. The topological polar surface area (TPSA) is 53.4 Å². The van der Waals surface area contributed by atoms with Crippen LogP contribution in [0, 0.1) is 0 Å². The maximum atomic E-state index is 11.9. The van der Waals surface area contributed by atoms with Gasteiger partial charge in [0, 0.05) is 26.4 Å². The highest BCUT2D eigenvalue weighted by atomic mass is 35.5. The van der Waals surface area contributed by atoms with Crippen LogP contribution < -0.4 is 0 Å². The molecule has 0 unspecified atom stereocenters. The van der Waals surface area contributed by atoms with Gasteiger partial charge >= 0.3 is 0 Å². The van der Waals surface area contributed by atoms with Crippen LogP contribution in [0.1, 0.15) is 29.6 Å². The first-order valence-corrected chi connectivity index (χ1v) is 6.01. The lowest BCUT2D eigenvalue weighted by Crippen LogP contribution is -2.27. The van der Waals surface area contributed by atoms with E-state index in [4.69, 9.17) is 16.7 Å². The zero-order valence-electron chi connectivity index (χ0n) is 9.90. The number of carbonyl (C=O) groups is 1. The molecule has 1 rings (SSSR count). The third kappa shape index (κ3) is 4.71. The quantitative estimate of drug-likeness (QED) is 0.625. The molecule has 0 saturated heterocycles. The molecule has 0 radical (unpaired) electrons. The van der Waals surface area contributed by atoms with Gasteiger partial charge < -0.3 is 10.0 Å². The van der Waals surface area contributed by atoms with E-state index in [0.717, 1.165) is 19.3 Å². The second-order valence-electron chi connectivity index (χ2n) is 3.88. The van der Waals surface area contributed by atoms with E-state index in [1.54, 1.807) is 24.1 Å². The van der Waals surface area contributed by atoms with Crippen molar-refractivity contribution < 1.29 is 9.90 Å². The van der Waals surface area contributed by atoms with Crippen LogP contribution in [0.3, 0.4) is 0 Å². The molecule has 0 fully saturated rings. The van der Waals surface area contributed by atoms with Gasteiger partial charge in [0.15, 0.2) is 0 Å². The van der Waals surface area contributed by atoms with Crippen molar-refractivity contribution in [2.45, 2.75) is 19.3 Å². The molecule has 0 spiro atoms. The number of carbonyl (C=O) groups excluding carboxylic acids is 1. The number of aliphatic hydroxyl groups is 1. The number of rotatable bonds is 6. The Balaban J connectivity index is 2.43. The normalized spacial score (nSPS) is 10.3. The number of hydrogen-bond acceptors (Lipinski definition) is 3. The molecule has 0 aliphatic rings. The molecule has 0 bridgehead atoms. The lowest BCUT2D eigenvalue weighted by molar-refractivity contribution is 0.0792. The van der Waals surface area contributed by atoms with Crippen LogP contribution in [-0.4, -0.2) is 41.1 Å². The van der Waals surface area contributed by atoms with Crippen LogP contribution in [0.15, 0.2) is 18.3 Å². The minimum Gasteiger partial charge on any atom is -0.396 e. The van der Waals surface area contributed by atoms with E-state index in [1.165, 1.54) is 6.20 Å². The Morgan fingerprint density at radius 2 is 2.18 bits per heavy atom. The summed E-state index contributed by atoms with van der Waals surface area (Å²) in [5, 5.41) is 9.02. The van der Waals surface area contributed by atoms with Crippen LogP contribution >= 0.6 is 11.6 Å². The summed E-state index contributed by atoms with van der Waals surface area (Å²) in [4.78, 5) is 17.4. The minimum atomic E-state index is -0.0573. The van der Waals surface area contributed by atoms with Crippen molar-refractivity contribution in [2.24, 2.45) is 0 Å². The van der Waals surface area contributed by atoms with Crippen molar-refractivity contribution in [3.05, 3.63) is 29.0 Å². The van der Waals surface area contributed by atoms with Crippen molar-refractivity contribution in [3.8, 4) is 0 Å². The summed E-state index contributed by atoms with van der Waals surface area (Å²) in [7, 11) is 1.76. The van der Waals surface area contributed by atoms with Crippen LogP contribution in [-0.2, 0) is 0 Å². The highest BCUT2D eigenvalue weighted by Crippen LogP contribution is 2.08. The Morgan fingerprint density at radius 1 is 1.41 bits per heavy atom. The van der Waals surface area contributed by atoms with Gasteiger partial charge in [-0.1, -0.05) is 11.6 Å². The predicted octanol–water partition coefficient (Wildman–Crippen LogP) is 1.97. The zero-order valence-corrected chi connectivity index (χ0v) is 10.7. The number of hydrogen-bond donors (Lipinski definition) is 1. The first-order chi connectivity index (χ1) is 8.15. The van der Waals surface area contributed by atoms with Crippen molar-refractivity contribution in [3.63, 3.8) is 0 Å². The van der Waals surface area contributed by atoms with E-state index >= 15 is 0 Å². The van der Waals surface area contributed by atoms with Gasteiger partial charge in [0.1, 0.15) is 5.15 Å². The molecule has 0 atom stereocenters. The fraction of sp³-hybridized carbons (Fsp3) is 0.500. The van der Waals surface area contributed by atoms with E-state index in [0.29, 0.717) is 17.3 Å². The molecule has 1 aromatic heterocycles. The van der Waals surface area contributed by atoms with E-state index < -0.39 is 0 Å². The number of nitrogens with zero attached hydrogens (tertiary/aromatic N) is 2. The van der Waals surface area contributed by atoms with Crippen LogP contribution in [0.2, 0.25) is 5.15 Å². The van der Waals surface area contributed by atoms with Crippen molar-refractivity contribution >= 4 is 17.5 Å². The Kier molecular flexibility index (Phi) is 5.94. The van der Waals surface area contributed by atoms with Gasteiger partial charge in [0.05, 0.1) is 5.56 Å². The van der Waals surface area contributed by atoms with E-state index in [1.807, 2.05) is 0 Å². The molecule has 0 aliphatic carbocycles. The summed E-state index contributed by atoms with van der Waals surface area (Å²) in [5.74, 6) is -0.0573. The fourth-order valence-electron chi connectivity index (χ4n) is 1.46. The maximum Gasteiger partial charge on any atom is 0.255 e. The number of halogens is 1. The van der Waals surface area contributed by atoms with Gasteiger partial charge in [0.25, 0.3) is 5.91 Å². The summed E-state index contributed by atoms with van der Waals surface area (Å²) in [6, 6.07) is 3.27. The lowest BCUT2D eigenvalue weighted by Gasteiger charge is -2.16. The molecule has 1 amide bonds. The number of aromatic nitrogens is 1. The van der Waals surface area contributed by atoms with Gasteiger partial charge in [0.2, 0.25) is 0 Å². The smallest absolute Gasteiger partial charge is 0.255 e. The van der Waals surface area contributed by atoms with Crippen molar-refractivity contribution in [2.75, 3.05) is 20.2 Å². The molecular weight excluding hydrogens is 240 g/mol. The predicted molar refractivity (Wildman–Crippen MR) is 67.1 cm³/mol. The van der Waals surface area contributed by atoms with Crippen LogP contribution in [0.5, 0.6) is 0 Å². The van der Waals surface area contributed by atoms with E-state index in [-0.39, 0.29) is 12.5 Å². The highest BCUT2D eigenvalue weighted by Gasteiger charge is 2.11. The number of pyridine rings is 1. The molecule has 94 valence electrons. The molecule has 1 heterocycles. The first-order valence-electron chi connectivity index (χ1n) is 5.63. The van der Waals surface area contributed by atoms with Crippen molar-refractivity contribution in [1.29, 1.82) is 0 Å². The highest BCUT2D eigenvalue weighted by molar-refractivity contribution is 6.29. The summed E-state index contributed by atoms with van der Waals surface area (Å²) in [5.41, 5.74) is 0.541. The molecule has 17 heavy (non-hydrogen) atoms. The van der Waals surface area contributed by atoms with E-state index in [2.05, 4.69) is 4.98 Å². The number of unbranched alkanes of at least 4 members (excludes halogenated alkanes) is 2. The minimum absolute atomic E-state index is 0.0573. The molecule has 0 aromatic carbocycles. The monoisotopic (exact) mass is 256 g/mol. The summed E-state index contributed by atoms with van der Waals surface area (Å²) in [6.45, 7) is 0.889. The molecule has 0 saturated carbocycles. The Morgan fingerprint density at radius 3 is 2.76 bits per heavy atom. The number of amides is 1. The maximum absolute atomic E-state index is 11.9. The average Bonchev–Trinajstić information content (AvgIpc) is 2.34.